The molecule has 0 radical (unpaired) electrons. The summed E-state index contributed by atoms with van der Waals surface area (Å²) in [6.45, 7) is 4.83. The molecule has 0 amide bonds. The molecule has 2 aliphatic carbocycles. The number of fused-ring (bicyclic) bond motifs is 1. The van der Waals surface area contributed by atoms with E-state index in [-0.39, 0.29) is 0 Å². The Balaban J connectivity index is 1.76. The van der Waals surface area contributed by atoms with E-state index in [2.05, 4.69) is 13.8 Å². The van der Waals surface area contributed by atoms with Crippen LogP contribution >= 0.6 is 0 Å². The van der Waals surface area contributed by atoms with Gasteiger partial charge in [-0.1, -0.05) is 65.2 Å². The second-order valence-corrected chi connectivity index (χ2v) is 6.51. The summed E-state index contributed by atoms with van der Waals surface area (Å²) in [5.74, 6) is 4.36. The fraction of sp³-hybridized carbons (Fsp3) is 1.00. The van der Waals surface area contributed by atoms with E-state index < -0.39 is 0 Å². The standard InChI is InChI=1S/C16H30/c1-3-4-5-8-14-10-11-16-13(2)7-6-9-15(16)12-14/h13-16H,3-12H2,1-2H3. The van der Waals surface area contributed by atoms with Crippen LogP contribution in [-0.4, -0.2) is 0 Å². The molecule has 2 aliphatic rings. The fourth-order valence-electron chi connectivity index (χ4n) is 4.33. The molecule has 0 aliphatic heterocycles. The van der Waals surface area contributed by atoms with Crippen LogP contribution in [0.1, 0.15) is 78.1 Å². The number of rotatable bonds is 4. The first-order valence-electron chi connectivity index (χ1n) is 7.81. The SMILES string of the molecule is CCCCCC1CCC2C(C)CCCC2C1. The molecule has 2 rings (SSSR count). The van der Waals surface area contributed by atoms with E-state index in [0.717, 1.165) is 23.7 Å². The van der Waals surface area contributed by atoms with Gasteiger partial charge in [0, 0.05) is 0 Å². The largest absolute Gasteiger partial charge is 0.0654 e. The Bertz CT molecular complexity index is 196. The lowest BCUT2D eigenvalue weighted by molar-refractivity contribution is 0.0804. The van der Waals surface area contributed by atoms with Gasteiger partial charge in [-0.25, -0.2) is 0 Å². The minimum absolute atomic E-state index is 1.04. The Morgan fingerprint density at radius 2 is 1.88 bits per heavy atom. The maximum absolute atomic E-state index is 2.51. The van der Waals surface area contributed by atoms with Gasteiger partial charge in [0.15, 0.2) is 0 Å². The smallest absolute Gasteiger partial charge is 0.0360 e. The molecule has 94 valence electrons. The normalized spacial score (nSPS) is 39.4. The van der Waals surface area contributed by atoms with Gasteiger partial charge in [-0.05, 0) is 36.5 Å². The molecule has 0 bridgehead atoms. The molecule has 2 saturated carbocycles. The van der Waals surface area contributed by atoms with Gasteiger partial charge in [0.05, 0.1) is 0 Å². The van der Waals surface area contributed by atoms with Gasteiger partial charge in [0.2, 0.25) is 0 Å². The van der Waals surface area contributed by atoms with Crippen LogP contribution in [0.4, 0.5) is 0 Å². The van der Waals surface area contributed by atoms with Crippen molar-refractivity contribution >= 4 is 0 Å². The molecular formula is C16H30. The third-order valence-electron chi connectivity index (χ3n) is 5.33. The summed E-state index contributed by atoms with van der Waals surface area (Å²) in [6, 6.07) is 0. The third-order valence-corrected chi connectivity index (χ3v) is 5.33. The van der Waals surface area contributed by atoms with E-state index in [9.17, 15) is 0 Å². The molecule has 0 heteroatoms. The van der Waals surface area contributed by atoms with Gasteiger partial charge in [0.1, 0.15) is 0 Å². The fourth-order valence-corrected chi connectivity index (χ4v) is 4.33. The highest BCUT2D eigenvalue weighted by molar-refractivity contribution is 4.86. The lowest BCUT2D eigenvalue weighted by Crippen LogP contribution is -2.32. The number of hydrogen-bond acceptors (Lipinski definition) is 0. The molecule has 0 aromatic rings. The van der Waals surface area contributed by atoms with Crippen molar-refractivity contribution in [3.05, 3.63) is 0 Å². The highest BCUT2D eigenvalue weighted by Crippen LogP contribution is 2.46. The predicted octanol–water partition coefficient (Wildman–Crippen LogP) is 5.42. The van der Waals surface area contributed by atoms with E-state index in [1.54, 1.807) is 25.7 Å². The number of unbranched alkanes of at least 4 members (excludes halogenated alkanes) is 2. The third kappa shape index (κ3) is 3.02. The van der Waals surface area contributed by atoms with Gasteiger partial charge in [-0.2, -0.15) is 0 Å². The van der Waals surface area contributed by atoms with Crippen molar-refractivity contribution in [3.8, 4) is 0 Å². The molecule has 0 heterocycles. The summed E-state index contributed by atoms with van der Waals surface area (Å²) in [4.78, 5) is 0. The van der Waals surface area contributed by atoms with E-state index in [4.69, 9.17) is 0 Å². The van der Waals surface area contributed by atoms with Crippen molar-refractivity contribution in [2.75, 3.05) is 0 Å². The minimum Gasteiger partial charge on any atom is -0.0654 e. The maximum Gasteiger partial charge on any atom is -0.0360 e. The van der Waals surface area contributed by atoms with Gasteiger partial charge in [-0.15, -0.1) is 0 Å². The Hall–Kier alpha value is 0. The highest BCUT2D eigenvalue weighted by Gasteiger charge is 2.35. The molecule has 0 spiro atoms. The van der Waals surface area contributed by atoms with Crippen LogP contribution < -0.4 is 0 Å². The topological polar surface area (TPSA) is 0 Å². The average Bonchev–Trinajstić information content (AvgIpc) is 2.30. The van der Waals surface area contributed by atoms with Crippen LogP contribution in [0.15, 0.2) is 0 Å². The molecular weight excluding hydrogens is 192 g/mol. The van der Waals surface area contributed by atoms with Crippen molar-refractivity contribution in [1.29, 1.82) is 0 Å². The molecule has 4 atom stereocenters. The van der Waals surface area contributed by atoms with E-state index in [1.165, 1.54) is 38.5 Å². The Morgan fingerprint density at radius 1 is 1.00 bits per heavy atom. The Kier molecular flexibility index (Phi) is 4.73. The van der Waals surface area contributed by atoms with E-state index in [0.29, 0.717) is 0 Å². The number of hydrogen-bond donors (Lipinski definition) is 0. The van der Waals surface area contributed by atoms with Crippen LogP contribution in [0.25, 0.3) is 0 Å². The van der Waals surface area contributed by atoms with Crippen LogP contribution in [0.3, 0.4) is 0 Å². The quantitative estimate of drug-likeness (QED) is 0.557. The van der Waals surface area contributed by atoms with Gasteiger partial charge in [0.25, 0.3) is 0 Å². The Morgan fingerprint density at radius 3 is 2.69 bits per heavy atom. The van der Waals surface area contributed by atoms with Crippen molar-refractivity contribution in [2.24, 2.45) is 23.7 Å². The molecule has 0 nitrogen and oxygen atoms in total. The predicted molar refractivity (Wildman–Crippen MR) is 71.5 cm³/mol. The van der Waals surface area contributed by atoms with Crippen molar-refractivity contribution < 1.29 is 0 Å². The molecule has 0 aromatic heterocycles. The Labute approximate surface area is 102 Å². The van der Waals surface area contributed by atoms with Crippen LogP contribution in [-0.2, 0) is 0 Å². The second kappa shape index (κ2) is 6.07. The first kappa shape index (κ1) is 12.5. The van der Waals surface area contributed by atoms with Gasteiger partial charge >= 0.3 is 0 Å². The summed E-state index contributed by atoms with van der Waals surface area (Å²) in [7, 11) is 0. The summed E-state index contributed by atoms with van der Waals surface area (Å²) in [6.07, 6.45) is 15.2. The average molecular weight is 222 g/mol. The first-order chi connectivity index (χ1) is 7.81. The lowest BCUT2D eigenvalue weighted by Gasteiger charge is -2.43. The minimum atomic E-state index is 1.04. The van der Waals surface area contributed by atoms with Crippen LogP contribution in [0.5, 0.6) is 0 Å². The van der Waals surface area contributed by atoms with Crippen molar-refractivity contribution in [2.45, 2.75) is 78.1 Å². The zero-order valence-electron chi connectivity index (χ0n) is 11.4. The van der Waals surface area contributed by atoms with Gasteiger partial charge in [-0.3, -0.25) is 0 Å². The zero-order valence-corrected chi connectivity index (χ0v) is 11.4. The molecule has 0 N–H and O–H groups in total. The van der Waals surface area contributed by atoms with Crippen molar-refractivity contribution in [3.63, 3.8) is 0 Å². The summed E-state index contributed by atoms with van der Waals surface area (Å²) < 4.78 is 0. The lowest BCUT2D eigenvalue weighted by atomic mass is 9.63. The van der Waals surface area contributed by atoms with Crippen molar-refractivity contribution in [1.82, 2.24) is 0 Å². The molecule has 4 unspecified atom stereocenters. The molecule has 16 heavy (non-hydrogen) atoms. The van der Waals surface area contributed by atoms with E-state index >= 15 is 0 Å². The second-order valence-electron chi connectivity index (χ2n) is 6.51. The van der Waals surface area contributed by atoms with E-state index in [1.807, 2.05) is 0 Å². The molecule has 0 aromatic carbocycles. The monoisotopic (exact) mass is 222 g/mol. The van der Waals surface area contributed by atoms with Crippen LogP contribution in [0.2, 0.25) is 0 Å². The summed E-state index contributed by atoms with van der Waals surface area (Å²) in [5.41, 5.74) is 0. The molecule has 0 saturated heterocycles. The highest BCUT2D eigenvalue weighted by atomic mass is 14.4. The summed E-state index contributed by atoms with van der Waals surface area (Å²) >= 11 is 0. The first-order valence-corrected chi connectivity index (χ1v) is 7.81. The zero-order chi connectivity index (χ0) is 11.4. The summed E-state index contributed by atoms with van der Waals surface area (Å²) in [5, 5.41) is 0. The molecule has 2 fully saturated rings. The van der Waals surface area contributed by atoms with Gasteiger partial charge < -0.3 is 0 Å². The maximum atomic E-state index is 2.51. The van der Waals surface area contributed by atoms with Crippen LogP contribution in [0, 0.1) is 23.7 Å².